The van der Waals surface area contributed by atoms with Crippen molar-refractivity contribution in [2.75, 3.05) is 12.4 Å². The fourth-order valence-corrected chi connectivity index (χ4v) is 6.97. The number of fused-ring (bicyclic) bond motifs is 2. The summed E-state index contributed by atoms with van der Waals surface area (Å²) in [7, 11) is 1.37. The van der Waals surface area contributed by atoms with Crippen LogP contribution >= 0.6 is 0 Å². The van der Waals surface area contributed by atoms with Gasteiger partial charge in [-0.2, -0.15) is 0 Å². The maximum absolute atomic E-state index is 15.0. The number of anilines is 1. The predicted molar refractivity (Wildman–Crippen MR) is 156 cm³/mol. The van der Waals surface area contributed by atoms with Gasteiger partial charge in [0.25, 0.3) is 5.91 Å². The van der Waals surface area contributed by atoms with Crippen molar-refractivity contribution < 1.29 is 33.4 Å². The van der Waals surface area contributed by atoms with E-state index in [9.17, 15) is 23.9 Å². The highest BCUT2D eigenvalue weighted by Crippen LogP contribution is 2.49. The number of hydrogen-bond donors (Lipinski definition) is 3. The zero-order chi connectivity index (χ0) is 30.2. The highest BCUT2D eigenvalue weighted by atomic mass is 19.1. The van der Waals surface area contributed by atoms with Crippen molar-refractivity contribution in [3.63, 3.8) is 0 Å². The number of amides is 2. The third-order valence-corrected chi connectivity index (χ3v) is 9.33. The van der Waals surface area contributed by atoms with Gasteiger partial charge in [-0.15, -0.1) is 0 Å². The van der Waals surface area contributed by atoms with E-state index >= 15 is 0 Å². The van der Waals surface area contributed by atoms with Gasteiger partial charge < -0.3 is 25.2 Å². The summed E-state index contributed by atoms with van der Waals surface area (Å²) in [5.74, 6) is -2.45. The summed E-state index contributed by atoms with van der Waals surface area (Å²) >= 11 is 0. The van der Waals surface area contributed by atoms with Crippen molar-refractivity contribution in [2.24, 2.45) is 23.7 Å². The van der Waals surface area contributed by atoms with Crippen molar-refractivity contribution in [1.29, 1.82) is 0 Å². The van der Waals surface area contributed by atoms with Crippen LogP contribution in [-0.4, -0.2) is 42.1 Å². The first kappa shape index (κ1) is 29.9. The van der Waals surface area contributed by atoms with Gasteiger partial charge in [0, 0.05) is 17.8 Å². The topological polar surface area (TPSA) is 114 Å². The minimum Gasteiger partial charge on any atom is -0.496 e. The van der Waals surface area contributed by atoms with Crippen molar-refractivity contribution in [2.45, 2.75) is 83.3 Å². The monoisotopic (exact) mass is 580 g/mol. The first-order valence-corrected chi connectivity index (χ1v) is 14.9. The van der Waals surface area contributed by atoms with Gasteiger partial charge in [0.05, 0.1) is 30.6 Å². The third-order valence-electron chi connectivity index (χ3n) is 9.33. The van der Waals surface area contributed by atoms with Crippen LogP contribution in [0.2, 0.25) is 0 Å². The Labute approximate surface area is 246 Å². The Balaban J connectivity index is 1.31. The summed E-state index contributed by atoms with van der Waals surface area (Å²) in [6, 6.07) is 10.0. The molecule has 226 valence electrons. The molecule has 2 bridgehead atoms. The molecule has 3 saturated carbocycles. The number of methoxy groups -OCH3 is 1. The molecular weight excluding hydrogens is 539 g/mol. The van der Waals surface area contributed by atoms with Gasteiger partial charge in [-0.05, 0) is 86.0 Å². The molecule has 0 unspecified atom stereocenters. The molecule has 42 heavy (non-hydrogen) atoms. The molecule has 0 aromatic heterocycles. The number of carboxylic acids is 1. The largest absolute Gasteiger partial charge is 0.496 e. The van der Waals surface area contributed by atoms with Crippen molar-refractivity contribution >= 4 is 23.5 Å². The van der Waals surface area contributed by atoms with Crippen LogP contribution in [0.4, 0.5) is 10.1 Å². The van der Waals surface area contributed by atoms with E-state index in [1.807, 2.05) is 24.3 Å². The van der Waals surface area contributed by atoms with Gasteiger partial charge >= 0.3 is 5.97 Å². The number of hydrogen-bond acceptors (Lipinski definition) is 5. The van der Waals surface area contributed by atoms with Crippen molar-refractivity contribution in [3.05, 3.63) is 53.3 Å². The smallest absolute Gasteiger partial charge is 0.306 e. The van der Waals surface area contributed by atoms with E-state index in [4.69, 9.17) is 9.47 Å². The van der Waals surface area contributed by atoms with Crippen molar-refractivity contribution in [3.8, 4) is 11.5 Å². The number of aliphatic carboxylic acids is 1. The van der Waals surface area contributed by atoms with Gasteiger partial charge in [0.2, 0.25) is 5.91 Å². The summed E-state index contributed by atoms with van der Waals surface area (Å²) in [4.78, 5) is 38.5. The van der Waals surface area contributed by atoms with Crippen LogP contribution in [0.3, 0.4) is 0 Å². The number of carbonyl (C=O) groups is 3. The van der Waals surface area contributed by atoms with E-state index in [2.05, 4.69) is 31.4 Å². The fourth-order valence-electron chi connectivity index (χ4n) is 6.97. The van der Waals surface area contributed by atoms with Crippen LogP contribution in [0.5, 0.6) is 11.5 Å². The molecule has 8 nitrogen and oxygen atoms in total. The quantitative estimate of drug-likeness (QED) is 0.356. The van der Waals surface area contributed by atoms with E-state index in [0.29, 0.717) is 25.7 Å². The molecule has 0 heterocycles. The fraction of sp³-hybridized carbons (Fsp3) is 0.545. The van der Waals surface area contributed by atoms with Gasteiger partial charge in [-0.25, -0.2) is 4.39 Å². The lowest BCUT2D eigenvalue weighted by Crippen LogP contribution is -2.48. The lowest BCUT2D eigenvalue weighted by atomic mass is 9.83. The van der Waals surface area contributed by atoms with Gasteiger partial charge in [-0.1, -0.05) is 32.9 Å². The molecule has 2 aromatic carbocycles. The van der Waals surface area contributed by atoms with Gasteiger partial charge in [0.15, 0.2) is 11.6 Å². The Hall–Kier alpha value is -3.62. The van der Waals surface area contributed by atoms with E-state index in [0.717, 1.165) is 36.6 Å². The minimum absolute atomic E-state index is 0.0572. The molecule has 0 aliphatic heterocycles. The molecule has 3 aliphatic carbocycles. The van der Waals surface area contributed by atoms with Crippen molar-refractivity contribution in [1.82, 2.24) is 5.32 Å². The number of rotatable bonds is 8. The van der Waals surface area contributed by atoms with E-state index < -0.39 is 23.6 Å². The van der Waals surface area contributed by atoms with Crippen LogP contribution in [0, 0.1) is 29.5 Å². The second-order valence-electron chi connectivity index (χ2n) is 13.1. The molecule has 3 fully saturated rings. The molecule has 9 heteroatoms. The number of halogens is 1. The Kier molecular flexibility index (Phi) is 8.49. The molecule has 0 saturated heterocycles. The molecular formula is C33H41FN2O6. The summed E-state index contributed by atoms with van der Waals surface area (Å²) in [5, 5.41) is 15.4. The lowest BCUT2D eigenvalue weighted by molar-refractivity contribution is -0.143. The summed E-state index contributed by atoms with van der Waals surface area (Å²) in [6.45, 7) is 6.37. The highest BCUT2D eigenvalue weighted by Gasteiger charge is 2.51. The summed E-state index contributed by atoms with van der Waals surface area (Å²) in [6.07, 6.45) is 4.31. The normalized spacial score (nSPS) is 26.9. The number of ether oxygens (including phenoxy) is 2. The molecule has 3 N–H and O–H groups in total. The number of benzene rings is 2. The molecule has 0 spiro atoms. The Morgan fingerprint density at radius 3 is 2.33 bits per heavy atom. The first-order valence-electron chi connectivity index (χ1n) is 14.9. The zero-order valence-corrected chi connectivity index (χ0v) is 24.7. The number of nitrogens with one attached hydrogen (secondary N) is 2. The van der Waals surface area contributed by atoms with Crippen LogP contribution < -0.4 is 20.1 Å². The number of carboxylic acid groups (broad SMARTS) is 1. The second kappa shape index (κ2) is 11.9. The SMILES string of the molecule is COc1cc(F)c(OC2CCC(C(=O)O)CC2)cc1C(=O)N[C@@H]1[C@H]2CC[C@H](C2)[C@@H]1C(=O)Nc1cccc(C(C)(C)C)c1. The third kappa shape index (κ3) is 6.25. The molecule has 2 amide bonds. The van der Waals surface area contributed by atoms with Crippen LogP contribution in [0.25, 0.3) is 0 Å². The molecule has 0 radical (unpaired) electrons. The summed E-state index contributed by atoms with van der Waals surface area (Å²) < 4.78 is 26.2. The lowest BCUT2D eigenvalue weighted by Gasteiger charge is -2.31. The van der Waals surface area contributed by atoms with Crippen LogP contribution in [-0.2, 0) is 15.0 Å². The maximum Gasteiger partial charge on any atom is 0.306 e. The Bertz CT molecular complexity index is 1350. The van der Waals surface area contributed by atoms with E-state index in [1.54, 1.807) is 0 Å². The molecule has 2 aromatic rings. The average molecular weight is 581 g/mol. The predicted octanol–water partition coefficient (Wildman–Crippen LogP) is 5.94. The molecule has 3 aliphatic rings. The van der Waals surface area contributed by atoms with E-state index in [-0.39, 0.29) is 58.3 Å². The first-order chi connectivity index (χ1) is 19.9. The maximum atomic E-state index is 15.0. The van der Waals surface area contributed by atoms with Gasteiger partial charge in [0.1, 0.15) is 5.75 Å². The Morgan fingerprint density at radius 1 is 0.952 bits per heavy atom. The minimum atomic E-state index is -0.825. The highest BCUT2D eigenvalue weighted by molar-refractivity contribution is 5.99. The van der Waals surface area contributed by atoms with Crippen LogP contribution in [0.1, 0.15) is 81.6 Å². The molecule has 5 rings (SSSR count). The van der Waals surface area contributed by atoms with E-state index in [1.165, 1.54) is 13.2 Å². The average Bonchev–Trinajstić information content (AvgIpc) is 3.56. The molecule has 4 atom stereocenters. The number of carbonyl (C=O) groups excluding carboxylic acids is 2. The second-order valence-corrected chi connectivity index (χ2v) is 13.1. The standard InChI is InChI=1S/C33H41FN2O6/c1-33(2,3)21-6-5-7-22(15-21)35-31(38)28-19-8-9-20(14-19)29(28)36-30(37)24-16-27(25(34)17-26(24)41-4)42-23-12-10-18(11-13-23)32(39)40/h5-7,15-20,23,28-29H,8-14H2,1-4H3,(H,35,38)(H,36,37)(H,39,40)/t18?,19-,20+,23?,28+,29-/m1/s1. The summed E-state index contributed by atoms with van der Waals surface area (Å²) in [5.41, 5.74) is 1.93. The van der Waals surface area contributed by atoms with Crippen LogP contribution in [0.15, 0.2) is 36.4 Å². The Morgan fingerprint density at radius 2 is 1.67 bits per heavy atom. The van der Waals surface area contributed by atoms with Gasteiger partial charge in [-0.3, -0.25) is 14.4 Å². The zero-order valence-electron chi connectivity index (χ0n) is 24.7.